The zero-order valence-electron chi connectivity index (χ0n) is 17.4. The second kappa shape index (κ2) is 8.33. The third kappa shape index (κ3) is 4.30. The maximum atomic E-state index is 13.0. The van der Waals surface area contributed by atoms with Gasteiger partial charge in [0.15, 0.2) is 17.0 Å². The number of alkyl halides is 3. The van der Waals surface area contributed by atoms with E-state index in [0.717, 1.165) is 31.5 Å². The van der Waals surface area contributed by atoms with Crippen LogP contribution in [-0.4, -0.2) is 43.8 Å². The highest BCUT2D eigenvalue weighted by Gasteiger charge is 2.30. The van der Waals surface area contributed by atoms with Crippen LogP contribution < -0.4 is 10.2 Å². The molecular weight excluding hydrogens is 409 g/mol. The molecule has 7 nitrogen and oxygen atoms in total. The van der Waals surface area contributed by atoms with Gasteiger partial charge in [-0.1, -0.05) is 12.1 Å². The summed E-state index contributed by atoms with van der Waals surface area (Å²) < 4.78 is 41.0. The summed E-state index contributed by atoms with van der Waals surface area (Å²) in [5.41, 5.74) is 1.01. The molecule has 3 aromatic rings. The molecule has 1 aliphatic rings. The summed E-state index contributed by atoms with van der Waals surface area (Å²) >= 11 is 0. The normalized spacial score (nSPS) is 17.1. The Kier molecular flexibility index (Phi) is 5.74. The summed E-state index contributed by atoms with van der Waals surface area (Å²) in [7, 11) is 0. The monoisotopic (exact) mass is 434 g/mol. The number of aliphatic hydroxyl groups excluding tert-OH is 1. The highest BCUT2D eigenvalue weighted by atomic mass is 19.4. The van der Waals surface area contributed by atoms with Crippen LogP contribution in [0.2, 0.25) is 0 Å². The van der Waals surface area contributed by atoms with Crippen LogP contribution in [-0.2, 0) is 12.7 Å². The first kappa shape index (κ1) is 21.4. The molecule has 31 heavy (non-hydrogen) atoms. The average molecular weight is 434 g/mol. The van der Waals surface area contributed by atoms with Crippen LogP contribution in [0, 0.1) is 0 Å². The van der Waals surface area contributed by atoms with Crippen molar-refractivity contribution in [2.24, 2.45) is 0 Å². The van der Waals surface area contributed by atoms with Gasteiger partial charge >= 0.3 is 6.18 Å². The molecule has 0 saturated carbocycles. The number of imidazole rings is 1. The van der Waals surface area contributed by atoms with Crippen LogP contribution in [0.1, 0.15) is 43.9 Å². The number of hydrogen-bond donors (Lipinski definition) is 2. The fourth-order valence-corrected chi connectivity index (χ4v) is 3.87. The average Bonchev–Trinajstić information content (AvgIpc) is 3.38. The summed E-state index contributed by atoms with van der Waals surface area (Å²) in [6.07, 6.45) is -0.912. The van der Waals surface area contributed by atoms with E-state index in [4.69, 9.17) is 4.98 Å². The van der Waals surface area contributed by atoms with Gasteiger partial charge in [-0.3, -0.25) is 0 Å². The first-order valence-electron chi connectivity index (χ1n) is 10.3. The second-order valence-corrected chi connectivity index (χ2v) is 8.01. The third-order valence-electron chi connectivity index (χ3n) is 5.53. The first-order valence-corrected chi connectivity index (χ1v) is 10.3. The maximum Gasteiger partial charge on any atom is 0.416 e. The Hall–Kier alpha value is -2.88. The minimum atomic E-state index is -4.39. The Morgan fingerprint density at radius 2 is 2.06 bits per heavy atom. The van der Waals surface area contributed by atoms with E-state index in [0.29, 0.717) is 28.5 Å². The molecule has 0 radical (unpaired) electrons. The van der Waals surface area contributed by atoms with Gasteiger partial charge in [-0.05, 0) is 44.4 Å². The molecule has 0 spiro atoms. The number of halogens is 3. The van der Waals surface area contributed by atoms with E-state index in [1.54, 1.807) is 12.4 Å². The molecule has 2 aromatic heterocycles. The van der Waals surface area contributed by atoms with E-state index in [1.807, 2.05) is 23.3 Å². The summed E-state index contributed by atoms with van der Waals surface area (Å²) in [5.74, 6) is 0.943. The van der Waals surface area contributed by atoms with Crippen LogP contribution in [0.15, 0.2) is 30.6 Å². The number of anilines is 2. The van der Waals surface area contributed by atoms with Crippen molar-refractivity contribution < 1.29 is 18.3 Å². The first-order chi connectivity index (χ1) is 14.8. The minimum absolute atomic E-state index is 0.0117. The number of benzene rings is 1. The number of hydrogen-bond acceptors (Lipinski definition) is 6. The molecule has 166 valence electrons. The van der Waals surface area contributed by atoms with Crippen molar-refractivity contribution in [2.75, 3.05) is 23.4 Å². The third-order valence-corrected chi connectivity index (χ3v) is 5.53. The van der Waals surface area contributed by atoms with Gasteiger partial charge in [0.25, 0.3) is 0 Å². The van der Waals surface area contributed by atoms with Crippen LogP contribution >= 0.6 is 0 Å². The lowest BCUT2D eigenvalue weighted by atomic mass is 10.1. The molecule has 1 atom stereocenters. The Morgan fingerprint density at radius 1 is 1.26 bits per heavy atom. The van der Waals surface area contributed by atoms with E-state index in [9.17, 15) is 18.3 Å². The molecule has 1 unspecified atom stereocenters. The molecule has 0 bridgehead atoms. The number of aliphatic hydroxyl groups is 1. The molecule has 2 N–H and O–H groups in total. The van der Waals surface area contributed by atoms with Crippen LogP contribution in [0.4, 0.5) is 24.9 Å². The smallest absolute Gasteiger partial charge is 0.394 e. The standard InChI is InChI=1S/C21H25F3N6O/c1-13(2)30-12-26-17-18(25-10-14-5-3-6-15(9-14)21(22,23)24)27-20(28-19(17)30)29-8-4-7-16(29)11-31/h3,5-6,9,12-13,16,31H,4,7-8,10-11H2,1-2H3,(H,25,27,28). The van der Waals surface area contributed by atoms with Gasteiger partial charge in [0.1, 0.15) is 0 Å². The van der Waals surface area contributed by atoms with Crippen molar-refractivity contribution in [1.29, 1.82) is 0 Å². The Labute approximate surface area is 177 Å². The van der Waals surface area contributed by atoms with Crippen molar-refractivity contribution in [3.63, 3.8) is 0 Å². The SMILES string of the molecule is CC(C)n1cnc2c(NCc3cccc(C(F)(F)F)c3)nc(N3CCCC3CO)nc21. The number of aromatic nitrogens is 4. The number of nitrogens with zero attached hydrogens (tertiary/aromatic N) is 5. The predicted molar refractivity (Wildman–Crippen MR) is 112 cm³/mol. The van der Waals surface area contributed by atoms with Crippen molar-refractivity contribution >= 4 is 22.9 Å². The fraction of sp³-hybridized carbons (Fsp3) is 0.476. The summed E-state index contributed by atoms with van der Waals surface area (Å²) in [6, 6.07) is 5.28. The van der Waals surface area contributed by atoms with Gasteiger partial charge in [-0.15, -0.1) is 0 Å². The van der Waals surface area contributed by atoms with Crippen LogP contribution in [0.25, 0.3) is 11.2 Å². The lowest BCUT2D eigenvalue weighted by Gasteiger charge is -2.23. The van der Waals surface area contributed by atoms with Crippen LogP contribution in [0.3, 0.4) is 0 Å². The van der Waals surface area contributed by atoms with E-state index in [2.05, 4.69) is 15.3 Å². The number of fused-ring (bicyclic) bond motifs is 1. The van der Waals surface area contributed by atoms with Gasteiger partial charge in [0, 0.05) is 19.1 Å². The Balaban J connectivity index is 1.69. The van der Waals surface area contributed by atoms with Crippen molar-refractivity contribution in [2.45, 2.75) is 51.5 Å². The van der Waals surface area contributed by atoms with Crippen molar-refractivity contribution in [3.8, 4) is 0 Å². The molecule has 10 heteroatoms. The van der Waals surface area contributed by atoms with E-state index >= 15 is 0 Å². The largest absolute Gasteiger partial charge is 0.416 e. The molecule has 0 aliphatic carbocycles. The lowest BCUT2D eigenvalue weighted by molar-refractivity contribution is -0.137. The quantitative estimate of drug-likeness (QED) is 0.611. The van der Waals surface area contributed by atoms with E-state index < -0.39 is 11.7 Å². The van der Waals surface area contributed by atoms with Crippen molar-refractivity contribution in [1.82, 2.24) is 19.5 Å². The zero-order chi connectivity index (χ0) is 22.2. The summed E-state index contributed by atoms with van der Waals surface area (Å²) in [5, 5.41) is 12.9. The summed E-state index contributed by atoms with van der Waals surface area (Å²) in [4.78, 5) is 15.8. The molecule has 4 rings (SSSR count). The number of rotatable bonds is 6. The van der Waals surface area contributed by atoms with Gasteiger partial charge in [0.05, 0.1) is 24.5 Å². The predicted octanol–water partition coefficient (Wildman–Crippen LogP) is 4.00. The van der Waals surface area contributed by atoms with Gasteiger partial charge in [-0.25, -0.2) is 4.98 Å². The number of nitrogens with one attached hydrogen (secondary N) is 1. The topological polar surface area (TPSA) is 79.1 Å². The zero-order valence-corrected chi connectivity index (χ0v) is 17.4. The van der Waals surface area contributed by atoms with Gasteiger partial charge in [0.2, 0.25) is 5.95 Å². The second-order valence-electron chi connectivity index (χ2n) is 8.01. The summed E-state index contributed by atoms with van der Waals surface area (Å²) in [6.45, 7) is 4.95. The highest BCUT2D eigenvalue weighted by molar-refractivity contribution is 5.84. The van der Waals surface area contributed by atoms with Crippen molar-refractivity contribution in [3.05, 3.63) is 41.7 Å². The molecule has 3 heterocycles. The molecule has 0 amide bonds. The Morgan fingerprint density at radius 3 is 2.77 bits per heavy atom. The molecular formula is C21H25F3N6O. The molecule has 1 aromatic carbocycles. The fourth-order valence-electron chi connectivity index (χ4n) is 3.87. The van der Waals surface area contributed by atoms with Gasteiger partial charge in [-0.2, -0.15) is 23.1 Å². The molecule has 1 saturated heterocycles. The maximum absolute atomic E-state index is 13.0. The highest BCUT2D eigenvalue weighted by Crippen LogP contribution is 2.31. The minimum Gasteiger partial charge on any atom is -0.394 e. The van der Waals surface area contributed by atoms with Gasteiger partial charge < -0.3 is 19.9 Å². The Bertz CT molecular complexity index is 1060. The van der Waals surface area contributed by atoms with Crippen LogP contribution in [0.5, 0.6) is 0 Å². The van der Waals surface area contributed by atoms with E-state index in [-0.39, 0.29) is 25.2 Å². The lowest BCUT2D eigenvalue weighted by Crippen LogP contribution is -2.33. The van der Waals surface area contributed by atoms with E-state index in [1.165, 1.54) is 6.07 Å². The molecule has 1 aliphatic heterocycles. The molecule has 1 fully saturated rings.